The van der Waals surface area contributed by atoms with E-state index in [0.29, 0.717) is 18.6 Å². The van der Waals surface area contributed by atoms with Gasteiger partial charge in [0.05, 0.1) is 11.4 Å². The van der Waals surface area contributed by atoms with Crippen LogP contribution in [0.2, 0.25) is 0 Å². The van der Waals surface area contributed by atoms with Gasteiger partial charge in [-0.25, -0.2) is 0 Å². The molecule has 110 valence electrons. The summed E-state index contributed by atoms with van der Waals surface area (Å²) in [5, 5.41) is 13.0. The SMILES string of the molecule is OCC1CCN(c2ccccc2N[C@@H]2CCSC2)CC1. The van der Waals surface area contributed by atoms with Crippen molar-refractivity contribution in [2.75, 3.05) is 41.4 Å². The van der Waals surface area contributed by atoms with Gasteiger partial charge in [0, 0.05) is 31.5 Å². The Morgan fingerprint density at radius 1 is 1.20 bits per heavy atom. The zero-order chi connectivity index (χ0) is 13.8. The van der Waals surface area contributed by atoms with Gasteiger partial charge in [-0.05, 0) is 43.1 Å². The number of thioether (sulfide) groups is 1. The Morgan fingerprint density at radius 2 is 2.00 bits per heavy atom. The number of nitrogens with zero attached hydrogens (tertiary/aromatic N) is 1. The highest BCUT2D eigenvalue weighted by molar-refractivity contribution is 7.99. The molecule has 0 spiro atoms. The van der Waals surface area contributed by atoms with Crippen LogP contribution in [0.25, 0.3) is 0 Å². The van der Waals surface area contributed by atoms with Gasteiger partial charge in [-0.3, -0.25) is 0 Å². The maximum Gasteiger partial charge on any atom is 0.0602 e. The normalized spacial score (nSPS) is 24.1. The first-order chi connectivity index (χ1) is 9.86. The lowest BCUT2D eigenvalue weighted by molar-refractivity contribution is 0.203. The molecule has 2 fully saturated rings. The summed E-state index contributed by atoms with van der Waals surface area (Å²) < 4.78 is 0. The number of aliphatic hydroxyl groups is 1. The van der Waals surface area contributed by atoms with Gasteiger partial charge >= 0.3 is 0 Å². The Hall–Kier alpha value is -0.870. The van der Waals surface area contributed by atoms with Crippen LogP contribution in [0.3, 0.4) is 0 Å². The van der Waals surface area contributed by atoms with Crippen molar-refractivity contribution in [2.45, 2.75) is 25.3 Å². The summed E-state index contributed by atoms with van der Waals surface area (Å²) in [4.78, 5) is 2.47. The van der Waals surface area contributed by atoms with E-state index in [4.69, 9.17) is 0 Å². The second-order valence-electron chi connectivity index (χ2n) is 5.83. The molecule has 0 aliphatic carbocycles. The van der Waals surface area contributed by atoms with Gasteiger partial charge in [-0.1, -0.05) is 12.1 Å². The number of piperidine rings is 1. The van der Waals surface area contributed by atoms with Crippen LogP contribution in [0.4, 0.5) is 11.4 Å². The number of benzene rings is 1. The molecule has 2 heterocycles. The van der Waals surface area contributed by atoms with Crippen molar-refractivity contribution in [3.63, 3.8) is 0 Å². The predicted molar refractivity (Wildman–Crippen MR) is 87.8 cm³/mol. The quantitative estimate of drug-likeness (QED) is 0.894. The van der Waals surface area contributed by atoms with Crippen molar-refractivity contribution in [1.82, 2.24) is 0 Å². The highest BCUT2D eigenvalue weighted by Crippen LogP contribution is 2.31. The van der Waals surface area contributed by atoms with Gasteiger partial charge in [0.1, 0.15) is 0 Å². The molecular weight excluding hydrogens is 268 g/mol. The van der Waals surface area contributed by atoms with Crippen molar-refractivity contribution in [3.8, 4) is 0 Å². The topological polar surface area (TPSA) is 35.5 Å². The minimum atomic E-state index is 0.340. The molecule has 0 bridgehead atoms. The molecule has 0 aromatic heterocycles. The summed E-state index contributed by atoms with van der Waals surface area (Å²) in [6, 6.07) is 9.30. The van der Waals surface area contributed by atoms with Crippen LogP contribution in [-0.2, 0) is 0 Å². The van der Waals surface area contributed by atoms with Gasteiger partial charge < -0.3 is 15.3 Å². The molecule has 0 radical (unpaired) electrons. The fourth-order valence-electron chi connectivity index (χ4n) is 3.10. The summed E-state index contributed by atoms with van der Waals surface area (Å²) in [5.74, 6) is 3.00. The average Bonchev–Trinajstić information content (AvgIpc) is 3.01. The summed E-state index contributed by atoms with van der Waals surface area (Å²) in [5.41, 5.74) is 2.61. The first-order valence-electron chi connectivity index (χ1n) is 7.66. The molecule has 20 heavy (non-hydrogen) atoms. The number of rotatable bonds is 4. The standard InChI is InChI=1S/C16H24N2OS/c19-11-13-5-8-18(9-6-13)16-4-2-1-3-15(16)17-14-7-10-20-12-14/h1-4,13-14,17,19H,5-12H2/t14-/m1/s1. The Bertz CT molecular complexity index is 426. The molecule has 2 N–H and O–H groups in total. The van der Waals surface area contributed by atoms with E-state index in [1.807, 2.05) is 11.8 Å². The molecule has 1 aromatic rings. The molecule has 3 nitrogen and oxygen atoms in total. The van der Waals surface area contributed by atoms with Gasteiger partial charge in [-0.15, -0.1) is 0 Å². The van der Waals surface area contributed by atoms with E-state index in [1.165, 1.54) is 29.3 Å². The maximum atomic E-state index is 9.26. The first kappa shape index (κ1) is 14.1. The van der Waals surface area contributed by atoms with Crippen molar-refractivity contribution < 1.29 is 5.11 Å². The molecule has 3 rings (SSSR count). The molecule has 1 atom stereocenters. The third-order valence-electron chi connectivity index (χ3n) is 4.41. The Labute approximate surface area is 125 Å². The minimum Gasteiger partial charge on any atom is -0.396 e. The van der Waals surface area contributed by atoms with E-state index in [2.05, 4.69) is 34.5 Å². The van der Waals surface area contributed by atoms with Crippen molar-refractivity contribution in [3.05, 3.63) is 24.3 Å². The third kappa shape index (κ3) is 3.23. The summed E-state index contributed by atoms with van der Waals surface area (Å²) in [7, 11) is 0. The lowest BCUT2D eigenvalue weighted by Crippen LogP contribution is -2.35. The summed E-state index contributed by atoms with van der Waals surface area (Å²) >= 11 is 2.04. The molecule has 2 aliphatic heterocycles. The smallest absolute Gasteiger partial charge is 0.0602 e. The first-order valence-corrected chi connectivity index (χ1v) is 8.81. The molecule has 0 unspecified atom stereocenters. The minimum absolute atomic E-state index is 0.340. The molecule has 4 heteroatoms. The number of para-hydroxylation sites is 2. The summed E-state index contributed by atoms with van der Waals surface area (Å²) in [6.45, 7) is 2.46. The van der Waals surface area contributed by atoms with Gasteiger partial charge in [0.15, 0.2) is 0 Å². The zero-order valence-corrected chi connectivity index (χ0v) is 12.7. The van der Waals surface area contributed by atoms with Crippen LogP contribution in [-0.4, -0.2) is 42.4 Å². The van der Waals surface area contributed by atoms with Crippen LogP contribution in [0.15, 0.2) is 24.3 Å². The lowest BCUT2D eigenvalue weighted by Gasteiger charge is -2.34. The van der Waals surface area contributed by atoms with Gasteiger partial charge in [-0.2, -0.15) is 11.8 Å². The van der Waals surface area contributed by atoms with E-state index < -0.39 is 0 Å². The number of hydrogen-bond acceptors (Lipinski definition) is 4. The molecule has 2 aliphatic rings. The highest BCUT2D eigenvalue weighted by Gasteiger charge is 2.22. The van der Waals surface area contributed by atoms with Crippen LogP contribution >= 0.6 is 11.8 Å². The van der Waals surface area contributed by atoms with E-state index >= 15 is 0 Å². The third-order valence-corrected chi connectivity index (χ3v) is 5.57. The second-order valence-corrected chi connectivity index (χ2v) is 6.98. The largest absolute Gasteiger partial charge is 0.396 e. The maximum absolute atomic E-state index is 9.26. The molecule has 0 saturated carbocycles. The predicted octanol–water partition coefficient (Wildman–Crippen LogP) is 2.81. The molecule has 0 amide bonds. The Morgan fingerprint density at radius 3 is 2.70 bits per heavy atom. The molecular formula is C16H24N2OS. The zero-order valence-electron chi connectivity index (χ0n) is 11.9. The van der Waals surface area contributed by atoms with Crippen LogP contribution in [0.5, 0.6) is 0 Å². The van der Waals surface area contributed by atoms with Crippen LogP contribution in [0, 0.1) is 5.92 Å². The number of hydrogen-bond donors (Lipinski definition) is 2. The van der Waals surface area contributed by atoms with E-state index in [-0.39, 0.29) is 0 Å². The van der Waals surface area contributed by atoms with Gasteiger partial charge in [0.25, 0.3) is 0 Å². The van der Waals surface area contributed by atoms with Gasteiger partial charge in [0.2, 0.25) is 0 Å². The highest BCUT2D eigenvalue weighted by atomic mass is 32.2. The number of anilines is 2. The van der Waals surface area contributed by atoms with Crippen LogP contribution in [0.1, 0.15) is 19.3 Å². The average molecular weight is 292 g/mol. The monoisotopic (exact) mass is 292 g/mol. The second kappa shape index (κ2) is 6.72. The fraction of sp³-hybridized carbons (Fsp3) is 0.625. The van der Waals surface area contributed by atoms with E-state index in [9.17, 15) is 5.11 Å². The number of aliphatic hydroxyl groups excluding tert-OH is 1. The number of nitrogens with one attached hydrogen (secondary N) is 1. The van der Waals surface area contributed by atoms with E-state index in [1.54, 1.807) is 0 Å². The van der Waals surface area contributed by atoms with E-state index in [0.717, 1.165) is 25.9 Å². The van der Waals surface area contributed by atoms with Crippen molar-refractivity contribution >= 4 is 23.1 Å². The molecule has 1 aromatic carbocycles. The van der Waals surface area contributed by atoms with Crippen LogP contribution < -0.4 is 10.2 Å². The van der Waals surface area contributed by atoms with Crippen molar-refractivity contribution in [2.24, 2.45) is 5.92 Å². The molecule has 2 saturated heterocycles. The fourth-order valence-corrected chi connectivity index (χ4v) is 4.25. The lowest BCUT2D eigenvalue weighted by atomic mass is 9.97. The summed E-state index contributed by atoms with van der Waals surface area (Å²) in [6.07, 6.45) is 3.47. The van der Waals surface area contributed by atoms with Crippen molar-refractivity contribution in [1.29, 1.82) is 0 Å². The Balaban J connectivity index is 1.69. The Kier molecular flexibility index (Phi) is 4.73.